The number of benzene rings is 2. The summed E-state index contributed by atoms with van der Waals surface area (Å²) in [5.74, 6) is -0.762. The molecule has 4 rings (SSSR count). The Kier molecular flexibility index (Phi) is 10.0. The van der Waals surface area contributed by atoms with E-state index in [0.717, 1.165) is 50.9 Å². The smallest absolute Gasteiger partial charge is 0.321 e. The Bertz CT molecular complexity index is 1250. The zero-order chi connectivity index (χ0) is 29.0. The molecule has 9 heteroatoms. The third-order valence-electron chi connectivity index (χ3n) is 9.01. The molecule has 3 unspecified atom stereocenters. The third-order valence-corrected chi connectivity index (χ3v) is 10.8. The molecule has 40 heavy (non-hydrogen) atoms. The molecule has 2 aliphatic rings. The second-order valence-corrected chi connectivity index (χ2v) is 14.2. The van der Waals surface area contributed by atoms with E-state index in [1.807, 2.05) is 31.9 Å². The van der Waals surface area contributed by atoms with E-state index in [0.29, 0.717) is 12.3 Å². The Hall–Kier alpha value is -2.36. The Morgan fingerprint density at radius 3 is 2.33 bits per heavy atom. The highest BCUT2D eigenvalue weighted by atomic mass is 32.2. The van der Waals surface area contributed by atoms with Gasteiger partial charge >= 0.3 is 5.97 Å². The van der Waals surface area contributed by atoms with Crippen LogP contribution in [-0.2, 0) is 14.6 Å². The van der Waals surface area contributed by atoms with Crippen LogP contribution >= 0.6 is 0 Å². The van der Waals surface area contributed by atoms with E-state index in [1.165, 1.54) is 30.3 Å². The number of hydrogen-bond acceptors (Lipinski definition) is 5. The number of nitrogens with zero attached hydrogens (tertiary/aromatic N) is 2. The third kappa shape index (κ3) is 7.47. The van der Waals surface area contributed by atoms with Gasteiger partial charge in [-0.2, -0.15) is 0 Å². The molecule has 4 atom stereocenters. The number of rotatable bonds is 11. The van der Waals surface area contributed by atoms with Crippen molar-refractivity contribution in [1.29, 1.82) is 0 Å². The number of carboxylic acid groups (broad SMARTS) is 1. The van der Waals surface area contributed by atoms with E-state index in [9.17, 15) is 27.1 Å². The number of aliphatic carboxylic acids is 1. The van der Waals surface area contributed by atoms with Gasteiger partial charge in [0.15, 0.2) is 9.84 Å². The first kappa shape index (κ1) is 30.6. The van der Waals surface area contributed by atoms with E-state index in [-0.39, 0.29) is 40.3 Å². The van der Waals surface area contributed by atoms with Crippen LogP contribution in [0, 0.1) is 29.4 Å². The molecule has 6 nitrogen and oxygen atoms in total. The van der Waals surface area contributed by atoms with Crippen molar-refractivity contribution in [3.05, 3.63) is 65.7 Å². The fourth-order valence-corrected chi connectivity index (χ4v) is 8.23. The van der Waals surface area contributed by atoms with Crippen LogP contribution in [0.4, 0.5) is 8.78 Å². The number of halogens is 2. The maximum Gasteiger partial charge on any atom is 0.321 e. The van der Waals surface area contributed by atoms with Crippen molar-refractivity contribution in [2.75, 3.05) is 32.4 Å². The number of likely N-dealkylation sites (tertiary alicyclic amines) is 1. The van der Waals surface area contributed by atoms with E-state index in [4.69, 9.17) is 0 Å². The molecule has 1 saturated carbocycles. The Morgan fingerprint density at radius 1 is 1.05 bits per heavy atom. The average Bonchev–Trinajstić information content (AvgIpc) is 3.32. The lowest BCUT2D eigenvalue weighted by atomic mass is 9.87. The molecule has 0 aromatic heterocycles. The van der Waals surface area contributed by atoms with Crippen molar-refractivity contribution in [3.63, 3.8) is 0 Å². The molecule has 2 aromatic carbocycles. The number of carboxylic acids is 1. The fraction of sp³-hybridized carbons (Fsp3) is 0.581. The summed E-state index contributed by atoms with van der Waals surface area (Å²) < 4.78 is 52.7. The minimum absolute atomic E-state index is 0.0277. The van der Waals surface area contributed by atoms with Crippen molar-refractivity contribution < 1.29 is 27.1 Å². The highest BCUT2D eigenvalue weighted by Crippen LogP contribution is 2.43. The Labute approximate surface area is 237 Å². The van der Waals surface area contributed by atoms with E-state index < -0.39 is 27.7 Å². The normalized spacial score (nSPS) is 23.6. The molecule has 2 fully saturated rings. The molecule has 1 heterocycles. The number of likely N-dealkylation sites (N-methyl/N-ethyl adjacent to an activating group) is 1. The highest BCUT2D eigenvalue weighted by Gasteiger charge is 2.41. The van der Waals surface area contributed by atoms with Gasteiger partial charge < -0.3 is 10.0 Å². The summed E-state index contributed by atoms with van der Waals surface area (Å²) in [5, 5.41) is 9.86. The van der Waals surface area contributed by atoms with Gasteiger partial charge in [-0.3, -0.25) is 9.69 Å². The summed E-state index contributed by atoms with van der Waals surface area (Å²) in [6.45, 7) is 6.46. The molecule has 1 saturated heterocycles. The van der Waals surface area contributed by atoms with E-state index >= 15 is 0 Å². The van der Waals surface area contributed by atoms with Crippen LogP contribution in [0.1, 0.15) is 57.4 Å². The number of hydrogen-bond donors (Lipinski definition) is 1. The minimum Gasteiger partial charge on any atom is -0.480 e. The van der Waals surface area contributed by atoms with Gasteiger partial charge in [-0.1, -0.05) is 26.0 Å². The van der Waals surface area contributed by atoms with E-state index in [1.54, 1.807) is 12.1 Å². The van der Waals surface area contributed by atoms with Gasteiger partial charge in [-0.05, 0) is 118 Å². The monoisotopic (exact) mass is 576 g/mol. The summed E-state index contributed by atoms with van der Waals surface area (Å²) in [7, 11) is -1.54. The second kappa shape index (κ2) is 13.1. The van der Waals surface area contributed by atoms with Gasteiger partial charge in [0.1, 0.15) is 17.7 Å². The maximum absolute atomic E-state index is 14.2. The first-order valence-electron chi connectivity index (χ1n) is 14.4. The lowest BCUT2D eigenvalue weighted by Crippen LogP contribution is -2.47. The molecule has 220 valence electrons. The molecule has 0 amide bonds. The molecule has 1 aliphatic heterocycles. The summed E-state index contributed by atoms with van der Waals surface area (Å²) in [4.78, 5) is 16.6. The van der Waals surface area contributed by atoms with Gasteiger partial charge in [0.25, 0.3) is 0 Å². The minimum atomic E-state index is -3.44. The average molecular weight is 577 g/mol. The van der Waals surface area contributed by atoms with Crippen molar-refractivity contribution in [2.24, 2.45) is 17.8 Å². The molecule has 0 bridgehead atoms. The van der Waals surface area contributed by atoms with Gasteiger partial charge in [-0.25, -0.2) is 17.2 Å². The molecule has 1 aliphatic carbocycles. The number of sulfone groups is 1. The number of carbonyl (C=O) groups is 1. The molecule has 0 spiro atoms. The van der Waals surface area contributed by atoms with Crippen LogP contribution in [0.15, 0.2) is 53.4 Å². The predicted molar refractivity (Wildman–Crippen MR) is 152 cm³/mol. The van der Waals surface area contributed by atoms with E-state index in [2.05, 4.69) is 4.90 Å². The molecular weight excluding hydrogens is 534 g/mol. The lowest BCUT2D eigenvalue weighted by Gasteiger charge is -2.35. The largest absolute Gasteiger partial charge is 0.480 e. The maximum atomic E-state index is 14.2. The standard InChI is InChI=1S/C31H42F2N2O4S/c1-21(2)30(31(36)37)34(3)27-18-24(29(19-27)23-5-4-6-26(33)17-23)20-35-14-11-22(12-15-35)13-16-40(38,39)28-9-7-25(32)8-10-28/h4-10,17,21-22,24,27,29-30H,11-16,18-20H2,1-3H3,(H,36,37)/t24?,27?,29?,30-/m1/s1. The summed E-state index contributed by atoms with van der Waals surface area (Å²) in [5.41, 5.74) is 0.971. The number of piperidine rings is 1. The van der Waals surface area contributed by atoms with Gasteiger partial charge in [0, 0.05) is 12.6 Å². The van der Waals surface area contributed by atoms with Gasteiger partial charge in [0.2, 0.25) is 0 Å². The molecular formula is C31H42F2N2O4S. The fourth-order valence-electron chi connectivity index (χ4n) is 6.80. The Morgan fingerprint density at radius 2 is 1.73 bits per heavy atom. The van der Waals surface area contributed by atoms with Crippen LogP contribution in [0.25, 0.3) is 0 Å². The van der Waals surface area contributed by atoms with Crippen LogP contribution in [0.2, 0.25) is 0 Å². The van der Waals surface area contributed by atoms with Crippen molar-refractivity contribution in [3.8, 4) is 0 Å². The highest BCUT2D eigenvalue weighted by molar-refractivity contribution is 7.91. The van der Waals surface area contributed by atoms with Crippen LogP contribution < -0.4 is 0 Å². The molecule has 1 N–H and O–H groups in total. The first-order valence-corrected chi connectivity index (χ1v) is 16.0. The first-order chi connectivity index (χ1) is 18.9. The summed E-state index contributed by atoms with van der Waals surface area (Å²) >= 11 is 0. The van der Waals surface area contributed by atoms with Crippen molar-refractivity contribution >= 4 is 15.8 Å². The quantitative estimate of drug-likeness (QED) is 0.359. The summed E-state index contributed by atoms with van der Waals surface area (Å²) in [6, 6.07) is 11.3. The van der Waals surface area contributed by atoms with Crippen molar-refractivity contribution in [1.82, 2.24) is 9.80 Å². The molecule has 2 aromatic rings. The van der Waals surface area contributed by atoms with Crippen LogP contribution in [-0.4, -0.2) is 73.8 Å². The van der Waals surface area contributed by atoms with Crippen molar-refractivity contribution in [2.45, 2.75) is 68.8 Å². The SMILES string of the molecule is CC(C)[C@H](C(=O)O)N(C)C1CC(CN2CCC(CCS(=O)(=O)c3ccc(F)cc3)CC2)C(c2cccc(F)c2)C1. The van der Waals surface area contributed by atoms with Crippen LogP contribution in [0.5, 0.6) is 0 Å². The zero-order valence-corrected chi connectivity index (χ0v) is 24.5. The zero-order valence-electron chi connectivity index (χ0n) is 23.7. The van der Waals surface area contributed by atoms with Gasteiger partial charge in [-0.15, -0.1) is 0 Å². The second-order valence-electron chi connectivity index (χ2n) is 12.0. The lowest BCUT2D eigenvalue weighted by molar-refractivity contribution is -0.145. The van der Waals surface area contributed by atoms with Crippen LogP contribution in [0.3, 0.4) is 0 Å². The topological polar surface area (TPSA) is 77.9 Å². The molecule has 0 radical (unpaired) electrons. The van der Waals surface area contributed by atoms with Gasteiger partial charge in [0.05, 0.1) is 10.6 Å². The predicted octanol–water partition coefficient (Wildman–Crippen LogP) is 5.44. The Balaban J connectivity index is 1.37. The summed E-state index contributed by atoms with van der Waals surface area (Å²) in [6.07, 6.45) is 4.05.